The van der Waals surface area contributed by atoms with Gasteiger partial charge in [-0.1, -0.05) is 13.8 Å². The molecular formula is C12H19NO3S. The Labute approximate surface area is 103 Å². The Kier molecular flexibility index (Phi) is 4.16. The van der Waals surface area contributed by atoms with Gasteiger partial charge in [-0.3, -0.25) is 0 Å². The molecule has 1 aromatic rings. The molecule has 0 aliphatic carbocycles. The van der Waals surface area contributed by atoms with Crippen molar-refractivity contribution in [3.05, 3.63) is 23.3 Å². The molecule has 0 amide bonds. The first-order chi connectivity index (χ1) is 7.71. The lowest BCUT2D eigenvalue weighted by molar-refractivity contribution is 0.269. The van der Waals surface area contributed by atoms with Crippen LogP contribution in [-0.2, 0) is 10.0 Å². The van der Waals surface area contributed by atoms with Crippen molar-refractivity contribution in [2.45, 2.75) is 32.6 Å². The normalized spacial score (nSPS) is 11.9. The van der Waals surface area contributed by atoms with Gasteiger partial charge in [0.2, 0.25) is 10.0 Å². The highest BCUT2D eigenvalue weighted by Gasteiger charge is 2.14. The molecule has 0 bridgehead atoms. The molecule has 4 nitrogen and oxygen atoms in total. The maximum atomic E-state index is 11.3. The molecule has 0 aromatic heterocycles. The summed E-state index contributed by atoms with van der Waals surface area (Å²) in [5.41, 5.74) is 1.39. The number of nitrogens with two attached hydrogens (primary N) is 1. The highest BCUT2D eigenvalue weighted by Crippen LogP contribution is 2.25. The molecule has 2 N–H and O–H groups in total. The van der Waals surface area contributed by atoms with Gasteiger partial charge in [0.25, 0.3) is 0 Å². The molecular weight excluding hydrogens is 238 g/mol. The number of aryl methyl sites for hydroxylation is 2. The quantitative estimate of drug-likeness (QED) is 0.896. The van der Waals surface area contributed by atoms with Gasteiger partial charge in [0, 0.05) is 0 Å². The number of hydrogen-bond acceptors (Lipinski definition) is 3. The predicted octanol–water partition coefficient (Wildman–Crippen LogP) is 1.99. The summed E-state index contributed by atoms with van der Waals surface area (Å²) < 4.78 is 28.3. The van der Waals surface area contributed by atoms with E-state index in [2.05, 4.69) is 13.8 Å². The number of sulfonamides is 1. The van der Waals surface area contributed by atoms with Gasteiger partial charge in [0.15, 0.2) is 0 Å². The minimum Gasteiger partial charge on any atom is -0.493 e. The zero-order valence-corrected chi connectivity index (χ0v) is 11.5. The van der Waals surface area contributed by atoms with E-state index in [0.29, 0.717) is 23.8 Å². The second-order valence-electron chi connectivity index (χ2n) is 4.63. The maximum Gasteiger partial charge on any atom is 0.238 e. The van der Waals surface area contributed by atoms with Crippen LogP contribution in [0.15, 0.2) is 17.0 Å². The molecule has 0 unspecified atom stereocenters. The summed E-state index contributed by atoms with van der Waals surface area (Å²) in [7, 11) is -3.66. The third kappa shape index (κ3) is 3.71. The molecule has 0 atom stereocenters. The van der Waals surface area contributed by atoms with Crippen LogP contribution >= 0.6 is 0 Å². The lowest BCUT2D eigenvalue weighted by Gasteiger charge is -2.13. The zero-order valence-electron chi connectivity index (χ0n) is 10.6. The molecule has 0 heterocycles. The summed E-state index contributed by atoms with van der Waals surface area (Å²) in [6.45, 7) is 8.24. The first kappa shape index (κ1) is 14.0. The Balaban J connectivity index is 3.10. The van der Waals surface area contributed by atoms with Crippen molar-refractivity contribution in [1.82, 2.24) is 0 Å². The van der Waals surface area contributed by atoms with E-state index in [-0.39, 0.29) is 4.90 Å². The van der Waals surface area contributed by atoms with Gasteiger partial charge in [-0.2, -0.15) is 0 Å². The smallest absolute Gasteiger partial charge is 0.238 e. The Morgan fingerprint density at radius 1 is 1.24 bits per heavy atom. The van der Waals surface area contributed by atoms with E-state index < -0.39 is 10.0 Å². The number of ether oxygens (including phenoxy) is 1. The fourth-order valence-corrected chi connectivity index (χ4v) is 2.33. The van der Waals surface area contributed by atoms with E-state index in [9.17, 15) is 8.42 Å². The third-order valence-corrected chi connectivity index (χ3v) is 3.40. The van der Waals surface area contributed by atoms with Crippen molar-refractivity contribution in [3.8, 4) is 5.75 Å². The molecule has 96 valence electrons. The lowest BCUT2D eigenvalue weighted by Crippen LogP contribution is -2.14. The monoisotopic (exact) mass is 257 g/mol. The molecule has 0 aliphatic heterocycles. The summed E-state index contributed by atoms with van der Waals surface area (Å²) in [5, 5.41) is 5.13. The number of benzene rings is 1. The number of primary sulfonamides is 1. The van der Waals surface area contributed by atoms with Crippen molar-refractivity contribution in [1.29, 1.82) is 0 Å². The van der Waals surface area contributed by atoms with E-state index in [1.807, 2.05) is 6.92 Å². The SMILES string of the molecule is Cc1cc(S(N)(=O)=O)c(C)cc1OCC(C)C. The summed E-state index contributed by atoms with van der Waals surface area (Å²) >= 11 is 0. The molecule has 1 aromatic carbocycles. The molecule has 0 saturated heterocycles. The van der Waals surface area contributed by atoms with Crippen LogP contribution in [0.25, 0.3) is 0 Å². The molecule has 5 heteroatoms. The van der Waals surface area contributed by atoms with Crippen molar-refractivity contribution < 1.29 is 13.2 Å². The second kappa shape index (κ2) is 5.06. The average Bonchev–Trinajstić information content (AvgIpc) is 2.17. The summed E-state index contributed by atoms with van der Waals surface area (Å²) in [5.74, 6) is 1.14. The average molecular weight is 257 g/mol. The predicted molar refractivity (Wildman–Crippen MR) is 67.6 cm³/mol. The molecule has 0 aliphatic rings. The third-order valence-electron chi connectivity index (χ3n) is 2.35. The first-order valence-corrected chi connectivity index (χ1v) is 7.03. The van der Waals surface area contributed by atoms with E-state index >= 15 is 0 Å². The largest absolute Gasteiger partial charge is 0.493 e. The molecule has 0 fully saturated rings. The molecule has 1 rings (SSSR count). The summed E-state index contributed by atoms with van der Waals surface area (Å²) in [6, 6.07) is 3.28. The molecule has 0 spiro atoms. The van der Waals surface area contributed by atoms with Crippen LogP contribution in [0.5, 0.6) is 5.75 Å². The molecule has 0 radical (unpaired) electrons. The van der Waals surface area contributed by atoms with Crippen molar-refractivity contribution in [2.75, 3.05) is 6.61 Å². The summed E-state index contributed by atoms with van der Waals surface area (Å²) in [6.07, 6.45) is 0. The molecule has 0 saturated carbocycles. The first-order valence-electron chi connectivity index (χ1n) is 5.48. The minimum atomic E-state index is -3.66. The Bertz CT molecular complexity index is 507. The van der Waals surface area contributed by atoms with Gasteiger partial charge < -0.3 is 4.74 Å². The minimum absolute atomic E-state index is 0.159. The van der Waals surface area contributed by atoms with Crippen LogP contribution in [0.1, 0.15) is 25.0 Å². The van der Waals surface area contributed by atoms with Gasteiger partial charge in [0.05, 0.1) is 11.5 Å². The number of rotatable bonds is 4. The summed E-state index contributed by atoms with van der Waals surface area (Å²) in [4.78, 5) is 0.159. The van der Waals surface area contributed by atoms with Crippen LogP contribution in [0.3, 0.4) is 0 Å². The van der Waals surface area contributed by atoms with Crippen molar-refractivity contribution in [2.24, 2.45) is 11.1 Å². The van der Waals surface area contributed by atoms with Gasteiger partial charge >= 0.3 is 0 Å². The lowest BCUT2D eigenvalue weighted by atomic mass is 10.1. The highest BCUT2D eigenvalue weighted by atomic mass is 32.2. The van der Waals surface area contributed by atoms with Gasteiger partial charge in [-0.05, 0) is 43.0 Å². The Morgan fingerprint density at radius 2 is 1.82 bits per heavy atom. The van der Waals surface area contributed by atoms with Crippen LogP contribution in [0.2, 0.25) is 0 Å². The topological polar surface area (TPSA) is 69.4 Å². The second-order valence-corrected chi connectivity index (χ2v) is 6.16. The fourth-order valence-electron chi connectivity index (χ4n) is 1.48. The van der Waals surface area contributed by atoms with Crippen LogP contribution in [-0.4, -0.2) is 15.0 Å². The van der Waals surface area contributed by atoms with E-state index in [1.165, 1.54) is 0 Å². The van der Waals surface area contributed by atoms with E-state index in [1.54, 1.807) is 19.1 Å². The molecule has 17 heavy (non-hydrogen) atoms. The van der Waals surface area contributed by atoms with Gasteiger partial charge in [-0.15, -0.1) is 0 Å². The maximum absolute atomic E-state index is 11.3. The van der Waals surface area contributed by atoms with E-state index in [4.69, 9.17) is 9.88 Å². The van der Waals surface area contributed by atoms with Crippen LogP contribution in [0, 0.1) is 19.8 Å². The van der Waals surface area contributed by atoms with Crippen LogP contribution in [0.4, 0.5) is 0 Å². The zero-order chi connectivity index (χ0) is 13.2. The van der Waals surface area contributed by atoms with Crippen molar-refractivity contribution >= 4 is 10.0 Å². The van der Waals surface area contributed by atoms with Gasteiger partial charge in [-0.25, -0.2) is 13.6 Å². The Morgan fingerprint density at radius 3 is 2.29 bits per heavy atom. The standard InChI is InChI=1S/C12H19NO3S/c1-8(2)7-16-11-5-10(4)12(6-9(11)3)17(13,14)15/h5-6,8H,7H2,1-4H3,(H2,13,14,15). The van der Waals surface area contributed by atoms with Crippen molar-refractivity contribution in [3.63, 3.8) is 0 Å². The van der Waals surface area contributed by atoms with E-state index in [0.717, 1.165) is 5.56 Å². The van der Waals surface area contributed by atoms with Crippen LogP contribution < -0.4 is 9.88 Å². The fraction of sp³-hybridized carbons (Fsp3) is 0.500. The Hall–Kier alpha value is -1.07. The number of hydrogen-bond donors (Lipinski definition) is 1. The van der Waals surface area contributed by atoms with Gasteiger partial charge in [0.1, 0.15) is 5.75 Å². The highest BCUT2D eigenvalue weighted by molar-refractivity contribution is 7.89.